The zero-order chi connectivity index (χ0) is 23.1. The number of morpholine rings is 1. The molecule has 1 aromatic rings. The van der Waals surface area contributed by atoms with Gasteiger partial charge in [-0.25, -0.2) is 23.1 Å². The Bertz CT molecular complexity index is 1220. The SMILES string of the molecule is Cc1nc2n3c(c(N4CCOCC4)cc-2c(=N[C@H](C)c2cccc(C(F)F)c2F)n1)NCC3. The second-order valence-electron chi connectivity index (χ2n) is 8.24. The average Bonchev–Trinajstić information content (AvgIpc) is 3.29. The Kier molecular flexibility index (Phi) is 5.69. The smallest absolute Gasteiger partial charge is 0.266 e. The van der Waals surface area contributed by atoms with E-state index < -0.39 is 23.8 Å². The zero-order valence-electron chi connectivity index (χ0n) is 18.5. The first kappa shape index (κ1) is 21.7. The van der Waals surface area contributed by atoms with Crippen molar-refractivity contribution in [1.29, 1.82) is 0 Å². The first-order valence-electron chi connectivity index (χ1n) is 11.0. The molecule has 0 bridgehead atoms. The molecule has 0 spiro atoms. The number of pyridine rings is 1. The predicted octanol–water partition coefficient (Wildman–Crippen LogP) is 3.69. The Balaban J connectivity index is 1.67. The van der Waals surface area contributed by atoms with Crippen molar-refractivity contribution in [1.82, 2.24) is 14.5 Å². The van der Waals surface area contributed by atoms with E-state index in [1.807, 2.05) is 6.07 Å². The van der Waals surface area contributed by atoms with E-state index in [4.69, 9.17) is 4.74 Å². The highest BCUT2D eigenvalue weighted by Gasteiger charge is 2.27. The lowest BCUT2D eigenvalue weighted by Crippen LogP contribution is -2.37. The van der Waals surface area contributed by atoms with Crippen LogP contribution in [0.1, 0.15) is 36.3 Å². The molecule has 1 fully saturated rings. The van der Waals surface area contributed by atoms with Gasteiger partial charge in [-0.15, -0.1) is 0 Å². The molecule has 5 rings (SSSR count). The van der Waals surface area contributed by atoms with Crippen molar-refractivity contribution in [3.63, 3.8) is 0 Å². The highest BCUT2D eigenvalue weighted by Crippen LogP contribution is 2.36. The number of anilines is 2. The monoisotopic (exact) mass is 458 g/mol. The van der Waals surface area contributed by atoms with Crippen molar-refractivity contribution in [3.8, 4) is 11.4 Å². The minimum atomic E-state index is -2.89. The third kappa shape index (κ3) is 3.92. The van der Waals surface area contributed by atoms with Crippen LogP contribution >= 0.6 is 0 Å². The molecule has 1 aromatic carbocycles. The van der Waals surface area contributed by atoms with E-state index in [2.05, 4.69) is 29.7 Å². The van der Waals surface area contributed by atoms with E-state index in [0.717, 1.165) is 55.1 Å². The summed E-state index contributed by atoms with van der Waals surface area (Å²) in [5, 5.41) is 3.46. The summed E-state index contributed by atoms with van der Waals surface area (Å²) >= 11 is 0. The van der Waals surface area contributed by atoms with Gasteiger partial charge in [0.25, 0.3) is 6.43 Å². The lowest BCUT2D eigenvalue weighted by molar-refractivity contribution is 0.122. The average molecular weight is 458 g/mol. The molecule has 4 heterocycles. The fourth-order valence-electron chi connectivity index (χ4n) is 4.48. The molecule has 10 heteroatoms. The van der Waals surface area contributed by atoms with E-state index in [0.29, 0.717) is 24.5 Å². The maximum Gasteiger partial charge on any atom is 0.266 e. The number of aryl methyl sites for hydroxylation is 1. The number of rotatable bonds is 4. The number of alkyl halides is 2. The topological polar surface area (TPSA) is 67.6 Å². The molecule has 0 aliphatic carbocycles. The van der Waals surface area contributed by atoms with Crippen LogP contribution in [-0.2, 0) is 11.3 Å². The molecule has 4 aliphatic heterocycles. The van der Waals surface area contributed by atoms with Gasteiger partial charge in [0.2, 0.25) is 0 Å². The Labute approximate surface area is 189 Å². The second kappa shape index (κ2) is 8.66. The fourth-order valence-corrected chi connectivity index (χ4v) is 4.48. The van der Waals surface area contributed by atoms with Crippen LogP contribution < -0.4 is 15.7 Å². The number of hydrogen-bond acceptors (Lipinski definition) is 6. The van der Waals surface area contributed by atoms with E-state index in [-0.39, 0.29) is 5.56 Å². The summed E-state index contributed by atoms with van der Waals surface area (Å²) in [4.78, 5) is 16.1. The molecule has 1 atom stereocenters. The molecule has 4 aliphatic rings. The third-order valence-corrected chi connectivity index (χ3v) is 6.11. The van der Waals surface area contributed by atoms with E-state index in [9.17, 15) is 13.2 Å². The lowest BCUT2D eigenvalue weighted by atomic mass is 10.0. The van der Waals surface area contributed by atoms with Crippen molar-refractivity contribution in [2.75, 3.05) is 43.1 Å². The normalized spacial score (nSPS) is 17.5. The molecule has 174 valence electrons. The number of aromatic nitrogens is 3. The molecule has 1 N–H and O–H groups in total. The summed E-state index contributed by atoms with van der Waals surface area (Å²) in [5.74, 6) is 1.35. The number of nitrogens with one attached hydrogen (secondary N) is 1. The molecular formula is C23H25F3N6O. The summed E-state index contributed by atoms with van der Waals surface area (Å²) in [6, 6.07) is 5.33. The maximum atomic E-state index is 14.8. The highest BCUT2D eigenvalue weighted by molar-refractivity contribution is 5.77. The quantitative estimate of drug-likeness (QED) is 0.646. The molecule has 7 nitrogen and oxygen atoms in total. The van der Waals surface area contributed by atoms with Crippen LogP contribution in [0.2, 0.25) is 0 Å². The third-order valence-electron chi connectivity index (χ3n) is 6.11. The van der Waals surface area contributed by atoms with Crippen molar-refractivity contribution < 1.29 is 17.9 Å². The van der Waals surface area contributed by atoms with Crippen LogP contribution in [0, 0.1) is 12.7 Å². The van der Waals surface area contributed by atoms with E-state index >= 15 is 0 Å². The largest absolute Gasteiger partial charge is 0.378 e. The summed E-state index contributed by atoms with van der Waals surface area (Å²) in [6.07, 6.45) is -2.89. The van der Waals surface area contributed by atoms with Gasteiger partial charge in [0.05, 0.1) is 36.1 Å². The van der Waals surface area contributed by atoms with Gasteiger partial charge in [-0.1, -0.05) is 18.2 Å². The van der Waals surface area contributed by atoms with E-state index in [1.54, 1.807) is 13.8 Å². The summed E-state index contributed by atoms with van der Waals surface area (Å²) in [7, 11) is 0. The van der Waals surface area contributed by atoms with Crippen molar-refractivity contribution in [2.24, 2.45) is 4.99 Å². The van der Waals surface area contributed by atoms with Crippen LogP contribution in [0.15, 0.2) is 29.3 Å². The Morgan fingerprint density at radius 1 is 1.12 bits per heavy atom. The van der Waals surface area contributed by atoms with Gasteiger partial charge >= 0.3 is 0 Å². The second-order valence-corrected chi connectivity index (χ2v) is 8.24. The maximum absolute atomic E-state index is 14.8. The van der Waals surface area contributed by atoms with Gasteiger partial charge in [0.15, 0.2) is 5.49 Å². The minimum absolute atomic E-state index is 0.112. The van der Waals surface area contributed by atoms with Crippen LogP contribution in [0.5, 0.6) is 0 Å². The zero-order valence-corrected chi connectivity index (χ0v) is 18.5. The van der Waals surface area contributed by atoms with Gasteiger partial charge in [-0.3, -0.25) is 4.99 Å². The molecule has 0 amide bonds. The Morgan fingerprint density at radius 2 is 1.88 bits per heavy atom. The molecule has 0 radical (unpaired) electrons. The number of hydrogen-bond donors (Lipinski definition) is 1. The summed E-state index contributed by atoms with van der Waals surface area (Å²) in [5.41, 5.74) is 1.68. The van der Waals surface area contributed by atoms with Crippen LogP contribution in [0.3, 0.4) is 0 Å². The van der Waals surface area contributed by atoms with Crippen molar-refractivity contribution >= 4 is 11.5 Å². The van der Waals surface area contributed by atoms with E-state index in [1.165, 1.54) is 12.1 Å². The molecule has 33 heavy (non-hydrogen) atoms. The molecule has 0 saturated carbocycles. The van der Waals surface area contributed by atoms with Gasteiger partial charge in [0, 0.05) is 31.7 Å². The summed E-state index contributed by atoms with van der Waals surface area (Å²) < 4.78 is 48.8. The Hall–Kier alpha value is -3.14. The van der Waals surface area contributed by atoms with Crippen molar-refractivity contribution in [2.45, 2.75) is 32.9 Å². The Morgan fingerprint density at radius 3 is 2.64 bits per heavy atom. The van der Waals surface area contributed by atoms with Gasteiger partial charge in [-0.2, -0.15) is 0 Å². The molecular weight excluding hydrogens is 433 g/mol. The number of halogens is 3. The van der Waals surface area contributed by atoms with Gasteiger partial charge in [-0.05, 0) is 19.9 Å². The highest BCUT2D eigenvalue weighted by atomic mass is 19.3. The molecule has 1 saturated heterocycles. The van der Waals surface area contributed by atoms with Crippen LogP contribution in [0.25, 0.3) is 11.4 Å². The molecule has 0 unspecified atom stereocenters. The van der Waals surface area contributed by atoms with Gasteiger partial charge < -0.3 is 19.5 Å². The fraction of sp³-hybridized carbons (Fsp3) is 0.435. The van der Waals surface area contributed by atoms with Crippen LogP contribution in [0.4, 0.5) is 24.7 Å². The number of fused-ring (bicyclic) bond motifs is 3. The predicted molar refractivity (Wildman–Crippen MR) is 118 cm³/mol. The number of benzene rings is 1. The lowest BCUT2D eigenvalue weighted by Gasteiger charge is -2.31. The minimum Gasteiger partial charge on any atom is -0.378 e. The van der Waals surface area contributed by atoms with Crippen molar-refractivity contribution in [3.05, 3.63) is 52.5 Å². The number of nitrogens with zero attached hydrogens (tertiary/aromatic N) is 5. The van der Waals surface area contributed by atoms with Crippen LogP contribution in [-0.4, -0.2) is 47.4 Å². The van der Waals surface area contributed by atoms with Gasteiger partial charge in [0.1, 0.15) is 23.3 Å². The summed E-state index contributed by atoms with van der Waals surface area (Å²) in [6.45, 7) is 7.83. The molecule has 0 aromatic heterocycles. The first-order valence-corrected chi connectivity index (χ1v) is 11.0. The number of ether oxygens (including phenoxy) is 1. The first-order chi connectivity index (χ1) is 15.9. The standard InChI is InChI=1S/C23H25F3N6O/c1-13(15-4-3-5-16(19(15)24)20(25)26)28-21-17-12-18(31-8-10-33-11-9-31)23-27-6-7-32(23)22(17)30-14(2)29-21/h3-5,12-13,20,27H,6-11H2,1-2H3/t13-/m1/s1.